The Kier molecular flexibility index (Phi) is 4.68. The van der Waals surface area contributed by atoms with E-state index in [2.05, 4.69) is 0 Å². The molecule has 5 heteroatoms. The van der Waals surface area contributed by atoms with Crippen molar-refractivity contribution in [1.82, 2.24) is 4.90 Å². The molecule has 0 aromatic heterocycles. The van der Waals surface area contributed by atoms with Crippen LogP contribution in [-0.4, -0.2) is 42.1 Å². The predicted molar refractivity (Wildman–Crippen MR) is 67.2 cm³/mol. The Hall–Kier alpha value is -0.680. The summed E-state index contributed by atoms with van der Waals surface area (Å²) in [6.07, 6.45) is 1.22. The van der Waals surface area contributed by atoms with Crippen LogP contribution in [0, 0.1) is 5.41 Å². The van der Waals surface area contributed by atoms with E-state index in [0.717, 1.165) is 0 Å². The van der Waals surface area contributed by atoms with Crippen LogP contribution in [0.5, 0.6) is 0 Å². The minimum atomic E-state index is -0.667. The minimum Gasteiger partial charge on any atom is -0.392 e. The third-order valence-corrected chi connectivity index (χ3v) is 3.67. The van der Waals surface area contributed by atoms with Gasteiger partial charge in [0.25, 0.3) is 0 Å². The maximum absolute atomic E-state index is 12.4. The summed E-state index contributed by atoms with van der Waals surface area (Å²) in [7, 11) is 0. The van der Waals surface area contributed by atoms with Crippen LogP contribution in [-0.2, 0) is 9.53 Å². The van der Waals surface area contributed by atoms with Crippen molar-refractivity contribution in [1.29, 1.82) is 0 Å². The van der Waals surface area contributed by atoms with Crippen molar-refractivity contribution < 1.29 is 9.53 Å². The number of carbonyl (C=O) groups is 1. The number of amides is 1. The molecule has 92 valence electrons. The highest BCUT2D eigenvalue weighted by Crippen LogP contribution is 2.33. The molecule has 0 unspecified atom stereocenters. The first-order chi connectivity index (χ1) is 7.58. The van der Waals surface area contributed by atoms with E-state index in [9.17, 15) is 4.79 Å². The SMILES string of the molecule is CCN(CC)C(=O)C1(C(N)=S)CCOCC1. The second-order valence-corrected chi connectivity index (χ2v) is 4.48. The maximum Gasteiger partial charge on any atom is 0.235 e. The lowest BCUT2D eigenvalue weighted by Crippen LogP contribution is -2.53. The Labute approximate surface area is 102 Å². The summed E-state index contributed by atoms with van der Waals surface area (Å²) < 4.78 is 5.29. The summed E-state index contributed by atoms with van der Waals surface area (Å²) >= 11 is 5.09. The van der Waals surface area contributed by atoms with Gasteiger partial charge in [-0.2, -0.15) is 0 Å². The highest BCUT2D eigenvalue weighted by atomic mass is 32.1. The molecule has 0 spiro atoms. The smallest absolute Gasteiger partial charge is 0.235 e. The zero-order chi connectivity index (χ0) is 12.2. The van der Waals surface area contributed by atoms with Gasteiger partial charge in [-0.3, -0.25) is 4.79 Å². The molecule has 1 fully saturated rings. The highest BCUT2D eigenvalue weighted by molar-refractivity contribution is 7.80. The number of hydrogen-bond donors (Lipinski definition) is 1. The van der Waals surface area contributed by atoms with Crippen molar-refractivity contribution in [3.05, 3.63) is 0 Å². The van der Waals surface area contributed by atoms with Crippen LogP contribution < -0.4 is 5.73 Å². The Morgan fingerprint density at radius 1 is 1.38 bits per heavy atom. The molecular weight excluding hydrogens is 224 g/mol. The second kappa shape index (κ2) is 5.59. The number of thiocarbonyl (C=S) groups is 1. The van der Waals surface area contributed by atoms with Gasteiger partial charge in [0.15, 0.2) is 0 Å². The number of rotatable bonds is 4. The molecule has 16 heavy (non-hydrogen) atoms. The van der Waals surface area contributed by atoms with Gasteiger partial charge in [0.1, 0.15) is 5.41 Å². The third kappa shape index (κ3) is 2.35. The van der Waals surface area contributed by atoms with E-state index >= 15 is 0 Å². The number of carbonyl (C=O) groups excluding carboxylic acids is 1. The molecule has 1 aliphatic heterocycles. The first-order valence-corrected chi connectivity index (χ1v) is 6.16. The molecule has 0 saturated carbocycles. The molecule has 2 N–H and O–H groups in total. The lowest BCUT2D eigenvalue weighted by molar-refractivity contribution is -0.142. The molecule has 0 aromatic rings. The van der Waals surface area contributed by atoms with E-state index in [1.165, 1.54) is 0 Å². The van der Waals surface area contributed by atoms with Gasteiger partial charge >= 0.3 is 0 Å². The first-order valence-electron chi connectivity index (χ1n) is 5.75. The molecular formula is C11H20N2O2S. The summed E-state index contributed by atoms with van der Waals surface area (Å²) in [6.45, 7) is 6.44. The number of nitrogens with two attached hydrogens (primary N) is 1. The van der Waals surface area contributed by atoms with E-state index < -0.39 is 5.41 Å². The van der Waals surface area contributed by atoms with Crippen molar-refractivity contribution in [2.75, 3.05) is 26.3 Å². The molecule has 1 rings (SSSR count). The molecule has 0 aromatic carbocycles. The first kappa shape index (κ1) is 13.4. The largest absolute Gasteiger partial charge is 0.392 e. The normalized spacial score (nSPS) is 19.1. The molecule has 0 radical (unpaired) electrons. The fourth-order valence-electron chi connectivity index (χ4n) is 2.10. The van der Waals surface area contributed by atoms with Crippen LogP contribution in [0.2, 0.25) is 0 Å². The molecule has 0 atom stereocenters. The number of ether oxygens (including phenoxy) is 1. The Bertz CT molecular complexity index is 271. The molecule has 1 saturated heterocycles. The van der Waals surface area contributed by atoms with Gasteiger partial charge < -0.3 is 15.4 Å². The van der Waals surface area contributed by atoms with Crippen LogP contribution in [0.3, 0.4) is 0 Å². The average molecular weight is 244 g/mol. The van der Waals surface area contributed by atoms with Crippen LogP contribution in [0.25, 0.3) is 0 Å². The second-order valence-electron chi connectivity index (χ2n) is 4.04. The van der Waals surface area contributed by atoms with Crippen molar-refractivity contribution in [2.45, 2.75) is 26.7 Å². The molecule has 0 aliphatic carbocycles. The van der Waals surface area contributed by atoms with Crippen LogP contribution in [0.4, 0.5) is 0 Å². The van der Waals surface area contributed by atoms with E-state index in [1.54, 1.807) is 4.90 Å². The Morgan fingerprint density at radius 3 is 2.25 bits per heavy atom. The predicted octanol–water partition coefficient (Wildman–Crippen LogP) is 0.938. The summed E-state index contributed by atoms with van der Waals surface area (Å²) in [5.74, 6) is 0.0632. The highest BCUT2D eigenvalue weighted by Gasteiger charge is 2.44. The van der Waals surface area contributed by atoms with E-state index in [-0.39, 0.29) is 5.91 Å². The topological polar surface area (TPSA) is 55.6 Å². The lowest BCUT2D eigenvalue weighted by Gasteiger charge is -2.38. The standard InChI is InChI=1S/C11H20N2O2S/c1-3-13(4-2)10(14)11(9(12)16)5-7-15-8-6-11/h3-8H2,1-2H3,(H2,12,16). The lowest BCUT2D eigenvalue weighted by atomic mass is 9.78. The summed E-state index contributed by atoms with van der Waals surface area (Å²) in [5, 5.41) is 0. The van der Waals surface area contributed by atoms with E-state index in [1.807, 2.05) is 13.8 Å². The van der Waals surface area contributed by atoms with Crippen LogP contribution >= 0.6 is 12.2 Å². The van der Waals surface area contributed by atoms with Crippen molar-refractivity contribution in [3.63, 3.8) is 0 Å². The quantitative estimate of drug-likeness (QED) is 0.748. The van der Waals surface area contributed by atoms with Crippen molar-refractivity contribution in [2.24, 2.45) is 11.1 Å². The zero-order valence-corrected chi connectivity index (χ0v) is 10.8. The van der Waals surface area contributed by atoms with Gasteiger partial charge in [0, 0.05) is 26.3 Å². The molecule has 1 aliphatic rings. The van der Waals surface area contributed by atoms with E-state index in [4.69, 9.17) is 22.7 Å². The van der Waals surface area contributed by atoms with Crippen molar-refractivity contribution in [3.8, 4) is 0 Å². The van der Waals surface area contributed by atoms with Gasteiger partial charge in [-0.1, -0.05) is 12.2 Å². The van der Waals surface area contributed by atoms with Gasteiger partial charge in [-0.15, -0.1) is 0 Å². The molecule has 0 bridgehead atoms. The fourth-order valence-corrected chi connectivity index (χ4v) is 2.39. The average Bonchev–Trinajstić information content (AvgIpc) is 2.31. The molecule has 4 nitrogen and oxygen atoms in total. The van der Waals surface area contributed by atoms with Gasteiger partial charge in [-0.25, -0.2) is 0 Å². The molecule has 1 amide bonds. The third-order valence-electron chi connectivity index (χ3n) is 3.28. The van der Waals surface area contributed by atoms with E-state index in [0.29, 0.717) is 44.1 Å². The van der Waals surface area contributed by atoms with Gasteiger partial charge in [0.2, 0.25) is 5.91 Å². The van der Waals surface area contributed by atoms with Crippen molar-refractivity contribution >= 4 is 23.1 Å². The summed E-state index contributed by atoms with van der Waals surface area (Å²) in [6, 6.07) is 0. The Balaban J connectivity index is 2.92. The van der Waals surface area contributed by atoms with Crippen LogP contribution in [0.15, 0.2) is 0 Å². The fraction of sp³-hybridized carbons (Fsp3) is 0.818. The van der Waals surface area contributed by atoms with Gasteiger partial charge in [0.05, 0.1) is 4.99 Å². The number of nitrogens with zero attached hydrogens (tertiary/aromatic N) is 1. The van der Waals surface area contributed by atoms with Crippen LogP contribution in [0.1, 0.15) is 26.7 Å². The summed E-state index contributed by atoms with van der Waals surface area (Å²) in [4.78, 5) is 14.5. The zero-order valence-electron chi connectivity index (χ0n) is 9.99. The Morgan fingerprint density at radius 2 is 1.88 bits per heavy atom. The maximum atomic E-state index is 12.4. The summed E-state index contributed by atoms with van der Waals surface area (Å²) in [5.41, 5.74) is 5.11. The van der Waals surface area contributed by atoms with Gasteiger partial charge in [-0.05, 0) is 26.7 Å². The minimum absolute atomic E-state index is 0.0632. The molecule has 1 heterocycles. The number of hydrogen-bond acceptors (Lipinski definition) is 3. The monoisotopic (exact) mass is 244 g/mol.